The molecule has 61 heavy (non-hydrogen) atoms. The summed E-state index contributed by atoms with van der Waals surface area (Å²) in [6.07, 6.45) is 0. The predicted octanol–water partition coefficient (Wildman–Crippen LogP) is 15.0. The van der Waals surface area contributed by atoms with Crippen molar-refractivity contribution in [1.29, 1.82) is 0 Å². The molecule has 3 heterocycles. The maximum Gasteiger partial charge on any atom is 0.160 e. The first-order chi connectivity index (χ1) is 30.2. The quantitative estimate of drug-likeness (QED) is 0.154. The molecule has 0 saturated heterocycles. The van der Waals surface area contributed by atoms with Crippen LogP contribution in [0.4, 0.5) is 0 Å². The summed E-state index contributed by atoms with van der Waals surface area (Å²) in [6, 6.07) is 76.2. The molecule has 0 N–H and O–H groups in total. The Bertz CT molecular complexity index is 3200. The molecule has 0 aliphatic carbocycles. The Hall–Kier alpha value is -7.86. The fourth-order valence-electron chi connectivity index (χ4n) is 8.00. The Labute approximate surface area is 358 Å². The fraction of sp³-hybridized carbons (Fsp3) is 0. The summed E-state index contributed by atoms with van der Waals surface area (Å²) in [4.78, 5) is 20.0. The highest BCUT2D eigenvalue weighted by Gasteiger charge is 2.15. The summed E-state index contributed by atoms with van der Waals surface area (Å²) in [5.74, 6) is 1.43. The minimum absolute atomic E-state index is 0.715. The molecule has 0 atom stereocenters. The molecule has 0 aliphatic rings. The lowest BCUT2D eigenvalue weighted by Crippen LogP contribution is -1.95. The highest BCUT2D eigenvalue weighted by molar-refractivity contribution is 7.26. The summed E-state index contributed by atoms with van der Waals surface area (Å²) in [5, 5.41) is 2.53. The van der Waals surface area contributed by atoms with Crippen molar-refractivity contribution in [3.63, 3.8) is 0 Å². The predicted molar refractivity (Wildman–Crippen MR) is 254 cm³/mol. The topological polar surface area (TPSA) is 51.6 Å². The second kappa shape index (κ2) is 15.7. The van der Waals surface area contributed by atoms with E-state index in [-0.39, 0.29) is 0 Å². The Balaban J connectivity index is 0.911. The fourth-order valence-corrected chi connectivity index (χ4v) is 9.21. The third-order valence-electron chi connectivity index (χ3n) is 11.2. The van der Waals surface area contributed by atoms with Crippen molar-refractivity contribution >= 4 is 31.5 Å². The number of hydrogen-bond acceptors (Lipinski definition) is 5. The molecule has 0 spiro atoms. The van der Waals surface area contributed by atoms with Gasteiger partial charge in [-0.05, 0) is 46.5 Å². The van der Waals surface area contributed by atoms with E-state index in [0.717, 1.165) is 61.7 Å². The van der Waals surface area contributed by atoms with Crippen LogP contribution in [0.3, 0.4) is 0 Å². The SMILES string of the molecule is c1ccc(-c2cc(-c3ccc(-c4ccc5sc6c(-c7ccc(-c8cc(-c9ccccc9)nc(-c9ccccc9)n8)cc7)cccc6c5c4)cc3)nc(-c3ccccc3)n2)cc1. The molecule has 0 aliphatic heterocycles. The van der Waals surface area contributed by atoms with Crippen molar-refractivity contribution in [2.24, 2.45) is 0 Å². The van der Waals surface area contributed by atoms with E-state index in [0.29, 0.717) is 11.6 Å². The van der Waals surface area contributed by atoms with Gasteiger partial charge in [0, 0.05) is 53.6 Å². The molecule has 0 bridgehead atoms. The van der Waals surface area contributed by atoms with Crippen molar-refractivity contribution in [2.45, 2.75) is 0 Å². The van der Waals surface area contributed by atoms with Gasteiger partial charge in [-0.1, -0.05) is 194 Å². The summed E-state index contributed by atoms with van der Waals surface area (Å²) in [6.45, 7) is 0. The number of hydrogen-bond donors (Lipinski definition) is 0. The number of aromatic nitrogens is 4. The average Bonchev–Trinajstić information content (AvgIpc) is 3.73. The number of fused-ring (bicyclic) bond motifs is 3. The van der Waals surface area contributed by atoms with Crippen LogP contribution in [-0.4, -0.2) is 19.9 Å². The third kappa shape index (κ3) is 7.18. The van der Waals surface area contributed by atoms with Gasteiger partial charge in [-0.2, -0.15) is 0 Å². The van der Waals surface area contributed by atoms with Crippen molar-refractivity contribution in [3.05, 3.63) is 218 Å². The minimum atomic E-state index is 0.715. The van der Waals surface area contributed by atoms with E-state index < -0.39 is 0 Å². The van der Waals surface area contributed by atoms with Crippen LogP contribution in [0.2, 0.25) is 0 Å². The van der Waals surface area contributed by atoms with Gasteiger partial charge >= 0.3 is 0 Å². The molecule has 286 valence electrons. The lowest BCUT2D eigenvalue weighted by molar-refractivity contribution is 1.18. The van der Waals surface area contributed by atoms with Crippen LogP contribution < -0.4 is 0 Å². The molecule has 11 aromatic rings. The molecule has 11 rings (SSSR count). The van der Waals surface area contributed by atoms with E-state index >= 15 is 0 Å². The smallest absolute Gasteiger partial charge is 0.160 e. The molecule has 3 aromatic heterocycles. The zero-order valence-electron chi connectivity index (χ0n) is 33.0. The van der Waals surface area contributed by atoms with Crippen LogP contribution in [0.5, 0.6) is 0 Å². The minimum Gasteiger partial charge on any atom is -0.228 e. The second-order valence-electron chi connectivity index (χ2n) is 15.0. The van der Waals surface area contributed by atoms with E-state index in [2.05, 4.69) is 146 Å². The molecule has 0 unspecified atom stereocenters. The first-order valence-electron chi connectivity index (χ1n) is 20.4. The molecule has 4 nitrogen and oxygen atoms in total. The molecule has 0 saturated carbocycles. The Morgan fingerprint density at radius 2 is 0.656 bits per heavy atom. The normalized spacial score (nSPS) is 11.3. The largest absolute Gasteiger partial charge is 0.228 e. The van der Waals surface area contributed by atoms with Crippen LogP contribution in [0.25, 0.3) is 110 Å². The van der Waals surface area contributed by atoms with Crippen molar-refractivity contribution in [2.75, 3.05) is 0 Å². The monoisotopic (exact) mass is 796 g/mol. The molecule has 8 aromatic carbocycles. The molecular weight excluding hydrogens is 761 g/mol. The van der Waals surface area contributed by atoms with Crippen molar-refractivity contribution in [3.8, 4) is 90.1 Å². The van der Waals surface area contributed by atoms with Crippen LogP contribution in [-0.2, 0) is 0 Å². The van der Waals surface area contributed by atoms with Crippen molar-refractivity contribution in [1.82, 2.24) is 19.9 Å². The molecular formula is C56H36N4S. The van der Waals surface area contributed by atoms with Gasteiger partial charge in [0.05, 0.1) is 22.8 Å². The van der Waals surface area contributed by atoms with Gasteiger partial charge < -0.3 is 0 Å². The first-order valence-corrected chi connectivity index (χ1v) is 21.2. The Kier molecular flexibility index (Phi) is 9.34. The van der Waals surface area contributed by atoms with E-state index in [1.807, 2.05) is 84.1 Å². The Morgan fingerprint density at radius 3 is 1.13 bits per heavy atom. The van der Waals surface area contributed by atoms with Crippen LogP contribution in [0, 0.1) is 0 Å². The molecule has 5 heteroatoms. The van der Waals surface area contributed by atoms with E-state index in [1.54, 1.807) is 0 Å². The van der Waals surface area contributed by atoms with Gasteiger partial charge in [0.15, 0.2) is 11.6 Å². The number of benzene rings is 8. The van der Waals surface area contributed by atoms with Gasteiger partial charge in [0.25, 0.3) is 0 Å². The number of rotatable bonds is 8. The van der Waals surface area contributed by atoms with Gasteiger partial charge in [-0.25, -0.2) is 19.9 Å². The maximum absolute atomic E-state index is 5.05. The highest BCUT2D eigenvalue weighted by Crippen LogP contribution is 2.42. The standard InChI is InChI=1S/C56H36N4S/c1-5-14-39(15-6-1)49-35-51(59-55(57-49)43-18-9-3-10-19-43)41-28-24-37(25-29-41)45-32-33-53-48(34-45)47-23-13-22-46(54(47)61-53)38-26-30-42(31-27-38)52-36-50(40-16-7-2-8-17-40)58-56(60-52)44-20-11-4-12-21-44/h1-36H. The van der Waals surface area contributed by atoms with Gasteiger partial charge in [0.1, 0.15) is 0 Å². The zero-order chi connectivity index (χ0) is 40.5. The summed E-state index contributed by atoms with van der Waals surface area (Å²) in [7, 11) is 0. The van der Waals surface area contributed by atoms with Crippen molar-refractivity contribution < 1.29 is 0 Å². The summed E-state index contributed by atoms with van der Waals surface area (Å²) >= 11 is 1.85. The van der Waals surface area contributed by atoms with Crippen LogP contribution in [0.15, 0.2) is 218 Å². The van der Waals surface area contributed by atoms with Crippen LogP contribution in [0.1, 0.15) is 0 Å². The lowest BCUT2D eigenvalue weighted by Gasteiger charge is -2.10. The summed E-state index contributed by atoms with van der Waals surface area (Å²) in [5.41, 5.74) is 14.5. The van der Waals surface area contributed by atoms with Gasteiger partial charge in [0.2, 0.25) is 0 Å². The first kappa shape index (κ1) is 36.2. The number of nitrogens with zero attached hydrogens (tertiary/aromatic N) is 4. The van der Waals surface area contributed by atoms with E-state index in [1.165, 1.54) is 36.9 Å². The zero-order valence-corrected chi connectivity index (χ0v) is 33.8. The molecule has 0 amide bonds. The van der Waals surface area contributed by atoms with Gasteiger partial charge in [-0.3, -0.25) is 0 Å². The molecule has 0 radical (unpaired) electrons. The summed E-state index contributed by atoms with van der Waals surface area (Å²) < 4.78 is 2.55. The number of thiophene rings is 1. The Morgan fingerprint density at radius 1 is 0.262 bits per heavy atom. The van der Waals surface area contributed by atoms with E-state index in [4.69, 9.17) is 19.9 Å². The molecule has 0 fully saturated rings. The highest BCUT2D eigenvalue weighted by atomic mass is 32.1. The van der Waals surface area contributed by atoms with Crippen LogP contribution >= 0.6 is 11.3 Å². The average molecular weight is 797 g/mol. The second-order valence-corrected chi connectivity index (χ2v) is 16.1. The third-order valence-corrected chi connectivity index (χ3v) is 12.4. The lowest BCUT2D eigenvalue weighted by atomic mass is 9.98. The van der Waals surface area contributed by atoms with Gasteiger partial charge in [-0.15, -0.1) is 11.3 Å². The van der Waals surface area contributed by atoms with E-state index in [9.17, 15) is 0 Å². The maximum atomic E-state index is 5.05.